The molecule has 0 bridgehead atoms. The van der Waals surface area contributed by atoms with Gasteiger partial charge in [0.05, 0.1) is 5.01 Å². The van der Waals surface area contributed by atoms with Crippen molar-refractivity contribution in [2.75, 3.05) is 26.7 Å². The maximum absolute atomic E-state index is 4.39. The smallest absolute Gasteiger partial charge is 0.191 e. The van der Waals surface area contributed by atoms with Crippen molar-refractivity contribution in [3.05, 3.63) is 51.5 Å². The van der Waals surface area contributed by atoms with Gasteiger partial charge in [-0.25, -0.2) is 4.98 Å². The summed E-state index contributed by atoms with van der Waals surface area (Å²) in [6.07, 6.45) is 5.54. The monoisotopic (exact) mass is 499 g/mol. The Labute approximate surface area is 183 Å². The number of hydrogen-bond acceptors (Lipinski definition) is 4. The summed E-state index contributed by atoms with van der Waals surface area (Å²) in [6, 6.07) is 8.92. The minimum Gasteiger partial charge on any atom is -0.356 e. The van der Waals surface area contributed by atoms with Crippen molar-refractivity contribution in [1.29, 1.82) is 0 Å². The molecule has 7 heteroatoms. The number of halogens is 1. The molecule has 3 rings (SSSR count). The van der Waals surface area contributed by atoms with Crippen LogP contribution in [0.1, 0.15) is 33.9 Å². The van der Waals surface area contributed by atoms with Gasteiger partial charge in [-0.1, -0.05) is 24.3 Å². The third kappa shape index (κ3) is 7.38. The number of aromatic nitrogens is 1. The molecule has 2 aromatic rings. The van der Waals surface area contributed by atoms with Crippen molar-refractivity contribution in [1.82, 2.24) is 20.5 Å². The van der Waals surface area contributed by atoms with E-state index in [0.717, 1.165) is 32.0 Å². The Morgan fingerprint density at radius 3 is 2.48 bits per heavy atom. The third-order valence-corrected chi connectivity index (χ3v) is 5.58. The highest BCUT2D eigenvalue weighted by atomic mass is 127. The van der Waals surface area contributed by atoms with Crippen LogP contribution < -0.4 is 10.6 Å². The number of nitrogens with one attached hydrogen (secondary N) is 2. The Bertz CT molecular complexity index is 707. The summed E-state index contributed by atoms with van der Waals surface area (Å²) < 4.78 is 0. The summed E-state index contributed by atoms with van der Waals surface area (Å²) in [5, 5.41) is 7.90. The zero-order chi connectivity index (χ0) is 18.2. The van der Waals surface area contributed by atoms with Crippen LogP contribution in [0.25, 0.3) is 0 Å². The number of aryl methyl sites for hydroxylation is 1. The van der Waals surface area contributed by atoms with Crippen molar-refractivity contribution in [2.45, 2.75) is 39.3 Å². The number of nitrogens with zero attached hydrogens (tertiary/aromatic N) is 3. The van der Waals surface area contributed by atoms with Gasteiger partial charge in [0, 0.05) is 44.2 Å². The summed E-state index contributed by atoms with van der Waals surface area (Å²) in [7, 11) is 1.81. The molecule has 27 heavy (non-hydrogen) atoms. The lowest BCUT2D eigenvalue weighted by Gasteiger charge is -2.15. The number of rotatable bonds is 7. The van der Waals surface area contributed by atoms with E-state index in [0.29, 0.717) is 0 Å². The summed E-state index contributed by atoms with van der Waals surface area (Å²) in [6.45, 7) is 7.26. The van der Waals surface area contributed by atoms with Gasteiger partial charge < -0.3 is 10.6 Å². The number of thiazole rings is 1. The van der Waals surface area contributed by atoms with Crippen molar-refractivity contribution in [2.24, 2.45) is 4.99 Å². The van der Waals surface area contributed by atoms with E-state index in [1.807, 2.05) is 13.2 Å². The van der Waals surface area contributed by atoms with Crippen molar-refractivity contribution in [3.8, 4) is 0 Å². The quantitative estimate of drug-likeness (QED) is 0.348. The molecule has 0 atom stereocenters. The van der Waals surface area contributed by atoms with Crippen LogP contribution >= 0.6 is 35.3 Å². The maximum atomic E-state index is 4.39. The molecular weight excluding hydrogens is 469 g/mol. The molecule has 5 nitrogen and oxygen atoms in total. The van der Waals surface area contributed by atoms with Gasteiger partial charge in [0.2, 0.25) is 0 Å². The molecule has 0 aliphatic carbocycles. The van der Waals surface area contributed by atoms with Crippen LogP contribution in [0.4, 0.5) is 0 Å². The van der Waals surface area contributed by atoms with Gasteiger partial charge >= 0.3 is 0 Å². The molecule has 2 heterocycles. The molecule has 0 unspecified atom stereocenters. The van der Waals surface area contributed by atoms with Gasteiger partial charge in [0.15, 0.2) is 5.96 Å². The SMILES string of the molecule is CN=C(NCCc1ncc(C)s1)NCc1ccc(CN2CCCC2)cc1.I. The second kappa shape index (κ2) is 11.6. The predicted octanol–water partition coefficient (Wildman–Crippen LogP) is 3.57. The van der Waals surface area contributed by atoms with Crippen LogP contribution in [-0.2, 0) is 19.5 Å². The molecule has 1 fully saturated rings. The largest absolute Gasteiger partial charge is 0.356 e. The minimum absolute atomic E-state index is 0. The van der Waals surface area contributed by atoms with Crippen molar-refractivity contribution in [3.63, 3.8) is 0 Å². The lowest BCUT2D eigenvalue weighted by atomic mass is 10.1. The lowest BCUT2D eigenvalue weighted by Crippen LogP contribution is -2.37. The molecule has 2 N–H and O–H groups in total. The molecule has 1 aromatic heterocycles. The molecular formula is C20H30IN5S. The van der Waals surface area contributed by atoms with Crippen molar-refractivity contribution < 1.29 is 0 Å². The fourth-order valence-electron chi connectivity index (χ4n) is 3.17. The molecule has 0 saturated carbocycles. The van der Waals surface area contributed by atoms with E-state index in [2.05, 4.69) is 56.7 Å². The molecule has 1 aliphatic rings. The van der Waals surface area contributed by atoms with E-state index in [-0.39, 0.29) is 24.0 Å². The standard InChI is InChI=1S/C20H29N5S.HI/c1-16-13-23-19(26-16)9-10-22-20(21-2)24-14-17-5-7-18(8-6-17)15-25-11-3-4-12-25;/h5-8,13H,3-4,9-12,14-15H2,1-2H3,(H2,21,22,24);1H. The highest BCUT2D eigenvalue weighted by molar-refractivity contribution is 14.0. The number of guanidine groups is 1. The third-order valence-electron chi connectivity index (χ3n) is 4.61. The van der Waals surface area contributed by atoms with Gasteiger partial charge in [-0.15, -0.1) is 35.3 Å². The molecule has 1 aliphatic heterocycles. The second-order valence-corrected chi connectivity index (χ2v) is 8.09. The Morgan fingerprint density at radius 1 is 1.15 bits per heavy atom. The molecule has 0 amide bonds. The molecule has 1 aromatic carbocycles. The second-order valence-electron chi connectivity index (χ2n) is 6.77. The topological polar surface area (TPSA) is 52.6 Å². The Morgan fingerprint density at radius 2 is 1.85 bits per heavy atom. The first-order valence-corrected chi connectivity index (χ1v) is 10.2. The average Bonchev–Trinajstić information content (AvgIpc) is 3.31. The number of aliphatic imine (C=N–C) groups is 1. The summed E-state index contributed by atoms with van der Waals surface area (Å²) in [4.78, 5) is 12.5. The van der Waals surface area contributed by atoms with Gasteiger partial charge in [-0.05, 0) is 44.0 Å². The summed E-state index contributed by atoms with van der Waals surface area (Å²) in [5.41, 5.74) is 2.67. The Balaban J connectivity index is 0.00000261. The average molecular weight is 499 g/mol. The van der Waals surface area contributed by atoms with Gasteiger partial charge in [0.1, 0.15) is 0 Å². The summed E-state index contributed by atoms with van der Waals surface area (Å²) >= 11 is 1.75. The predicted molar refractivity (Wildman–Crippen MR) is 125 cm³/mol. The number of hydrogen-bond donors (Lipinski definition) is 2. The van der Waals surface area contributed by atoms with E-state index < -0.39 is 0 Å². The van der Waals surface area contributed by atoms with Gasteiger partial charge in [0.25, 0.3) is 0 Å². The van der Waals surface area contributed by atoms with Gasteiger partial charge in [-0.3, -0.25) is 9.89 Å². The van der Waals surface area contributed by atoms with E-state index in [1.165, 1.54) is 46.9 Å². The zero-order valence-corrected chi connectivity index (χ0v) is 19.3. The molecule has 1 saturated heterocycles. The van der Waals surface area contributed by atoms with E-state index in [4.69, 9.17) is 0 Å². The minimum atomic E-state index is 0. The van der Waals surface area contributed by atoms with Crippen LogP contribution in [0.2, 0.25) is 0 Å². The maximum Gasteiger partial charge on any atom is 0.191 e. The lowest BCUT2D eigenvalue weighted by molar-refractivity contribution is 0.331. The first-order valence-electron chi connectivity index (χ1n) is 9.39. The normalized spacial score (nSPS) is 14.8. The highest BCUT2D eigenvalue weighted by Gasteiger charge is 2.11. The molecule has 148 valence electrons. The zero-order valence-electron chi connectivity index (χ0n) is 16.2. The van der Waals surface area contributed by atoms with E-state index in [9.17, 15) is 0 Å². The Hall–Kier alpha value is -1.19. The fourth-order valence-corrected chi connectivity index (χ4v) is 3.96. The highest BCUT2D eigenvalue weighted by Crippen LogP contribution is 2.13. The summed E-state index contributed by atoms with van der Waals surface area (Å²) in [5.74, 6) is 0.833. The van der Waals surface area contributed by atoms with Crippen LogP contribution in [0.3, 0.4) is 0 Å². The first-order chi connectivity index (χ1) is 12.7. The van der Waals surface area contributed by atoms with Crippen LogP contribution in [0.5, 0.6) is 0 Å². The molecule has 0 radical (unpaired) electrons. The number of benzene rings is 1. The van der Waals surface area contributed by atoms with Gasteiger partial charge in [-0.2, -0.15) is 0 Å². The van der Waals surface area contributed by atoms with Crippen LogP contribution in [-0.4, -0.2) is 42.5 Å². The van der Waals surface area contributed by atoms with Crippen molar-refractivity contribution >= 4 is 41.3 Å². The first kappa shape index (κ1) is 22.1. The van der Waals surface area contributed by atoms with E-state index >= 15 is 0 Å². The van der Waals surface area contributed by atoms with Crippen LogP contribution in [0.15, 0.2) is 35.5 Å². The Kier molecular flexibility index (Phi) is 9.50. The van der Waals surface area contributed by atoms with E-state index in [1.54, 1.807) is 11.3 Å². The fraction of sp³-hybridized carbons (Fsp3) is 0.500. The van der Waals surface area contributed by atoms with Crippen LogP contribution in [0, 0.1) is 6.92 Å². The number of likely N-dealkylation sites (tertiary alicyclic amines) is 1. The molecule has 0 spiro atoms.